The number of benzene rings is 1. The molecule has 0 spiro atoms. The number of halogens is 3. The highest BCUT2D eigenvalue weighted by Gasteiger charge is 2.38. The quantitative estimate of drug-likeness (QED) is 0.769. The summed E-state index contributed by atoms with van der Waals surface area (Å²) in [7, 11) is 3.60. The Labute approximate surface area is 159 Å². The minimum atomic E-state index is -5.08. The standard InChI is InChI=1S/C16H18N2O3.C2HF3O2/c1-18(11-13-5-8-15(21-2)17-9-13)10-12-3-6-14(7-4-12)16(19)20;3-2(4,5)1(6)7/h3-9H,10-11H2,1-2H3,(H,19,20);(H,6,7). The normalized spacial score (nSPS) is 10.8. The average Bonchev–Trinajstić information content (AvgIpc) is 2.62. The summed E-state index contributed by atoms with van der Waals surface area (Å²) >= 11 is 0. The maximum Gasteiger partial charge on any atom is 0.490 e. The zero-order chi connectivity index (χ0) is 21.3. The smallest absolute Gasteiger partial charge is 0.481 e. The number of carboxylic acids is 2. The Morgan fingerprint density at radius 1 is 1.04 bits per heavy atom. The van der Waals surface area contributed by atoms with Gasteiger partial charge in [-0.05, 0) is 30.3 Å². The van der Waals surface area contributed by atoms with E-state index in [9.17, 15) is 18.0 Å². The highest BCUT2D eigenvalue weighted by molar-refractivity contribution is 5.87. The van der Waals surface area contributed by atoms with E-state index in [-0.39, 0.29) is 0 Å². The van der Waals surface area contributed by atoms with Crippen LogP contribution in [0, 0.1) is 0 Å². The van der Waals surface area contributed by atoms with E-state index >= 15 is 0 Å². The first-order chi connectivity index (χ1) is 13.0. The fraction of sp³-hybridized carbons (Fsp3) is 0.278. The van der Waals surface area contributed by atoms with Crippen molar-refractivity contribution in [3.8, 4) is 5.88 Å². The number of aromatic carboxylic acids is 1. The second-order valence-corrected chi connectivity index (χ2v) is 5.69. The molecule has 28 heavy (non-hydrogen) atoms. The molecule has 0 amide bonds. The molecule has 0 unspecified atom stereocenters. The minimum absolute atomic E-state index is 0.306. The summed E-state index contributed by atoms with van der Waals surface area (Å²) in [6.07, 6.45) is -3.29. The third-order valence-electron chi connectivity index (χ3n) is 3.36. The summed E-state index contributed by atoms with van der Waals surface area (Å²) in [5.41, 5.74) is 2.48. The molecule has 0 bridgehead atoms. The second kappa shape index (κ2) is 10.3. The van der Waals surface area contributed by atoms with Crippen molar-refractivity contribution in [3.63, 3.8) is 0 Å². The molecule has 2 N–H and O–H groups in total. The predicted molar refractivity (Wildman–Crippen MR) is 93.1 cm³/mol. The molecule has 2 aromatic rings. The summed E-state index contributed by atoms with van der Waals surface area (Å²) in [4.78, 5) is 26.0. The van der Waals surface area contributed by atoms with Crippen LogP contribution in [0.4, 0.5) is 13.2 Å². The van der Waals surface area contributed by atoms with Crippen LogP contribution >= 0.6 is 0 Å². The number of nitrogens with zero attached hydrogens (tertiary/aromatic N) is 2. The molecule has 0 atom stereocenters. The maximum absolute atomic E-state index is 10.8. The molecule has 0 fully saturated rings. The zero-order valence-corrected chi connectivity index (χ0v) is 15.1. The van der Waals surface area contributed by atoms with Gasteiger partial charge < -0.3 is 14.9 Å². The van der Waals surface area contributed by atoms with Gasteiger partial charge in [0, 0.05) is 25.4 Å². The fourth-order valence-electron chi connectivity index (χ4n) is 2.06. The monoisotopic (exact) mass is 400 g/mol. The Morgan fingerprint density at radius 3 is 1.93 bits per heavy atom. The molecule has 0 aliphatic carbocycles. The Kier molecular flexibility index (Phi) is 8.39. The van der Waals surface area contributed by atoms with Crippen LogP contribution < -0.4 is 4.74 Å². The van der Waals surface area contributed by atoms with E-state index < -0.39 is 18.1 Å². The number of hydrogen-bond donors (Lipinski definition) is 2. The lowest BCUT2D eigenvalue weighted by molar-refractivity contribution is -0.192. The molecule has 0 aliphatic rings. The largest absolute Gasteiger partial charge is 0.490 e. The first kappa shape index (κ1) is 22.9. The molecule has 2 rings (SSSR count). The van der Waals surface area contributed by atoms with Crippen molar-refractivity contribution in [1.82, 2.24) is 9.88 Å². The van der Waals surface area contributed by atoms with Gasteiger partial charge in [0.2, 0.25) is 5.88 Å². The van der Waals surface area contributed by atoms with Crippen molar-refractivity contribution in [3.05, 3.63) is 59.3 Å². The maximum atomic E-state index is 10.8. The van der Waals surface area contributed by atoms with Gasteiger partial charge >= 0.3 is 18.1 Å². The van der Waals surface area contributed by atoms with E-state index in [1.165, 1.54) is 0 Å². The van der Waals surface area contributed by atoms with E-state index in [0.717, 1.165) is 24.2 Å². The van der Waals surface area contributed by atoms with Crippen molar-refractivity contribution in [1.29, 1.82) is 0 Å². The molecular formula is C18H19F3N2O5. The lowest BCUT2D eigenvalue weighted by Gasteiger charge is -2.16. The van der Waals surface area contributed by atoms with Gasteiger partial charge in [-0.3, -0.25) is 4.90 Å². The van der Waals surface area contributed by atoms with Crippen molar-refractivity contribution in [2.24, 2.45) is 0 Å². The van der Waals surface area contributed by atoms with Crippen LogP contribution in [0.15, 0.2) is 42.6 Å². The van der Waals surface area contributed by atoms with E-state index in [1.807, 2.05) is 31.3 Å². The molecule has 0 saturated carbocycles. The molecule has 0 aliphatic heterocycles. The van der Waals surface area contributed by atoms with Gasteiger partial charge in [0.1, 0.15) is 0 Å². The summed E-state index contributed by atoms with van der Waals surface area (Å²) in [5.74, 6) is -3.06. The fourth-order valence-corrected chi connectivity index (χ4v) is 2.06. The van der Waals surface area contributed by atoms with Gasteiger partial charge in [-0.25, -0.2) is 14.6 Å². The molecule has 1 aromatic heterocycles. The number of hydrogen-bond acceptors (Lipinski definition) is 5. The van der Waals surface area contributed by atoms with Crippen LogP contribution in [0.25, 0.3) is 0 Å². The molecular weight excluding hydrogens is 381 g/mol. The topological polar surface area (TPSA) is 100.0 Å². The highest BCUT2D eigenvalue weighted by atomic mass is 19.4. The lowest BCUT2D eigenvalue weighted by Crippen LogP contribution is -2.21. The van der Waals surface area contributed by atoms with Crippen molar-refractivity contribution >= 4 is 11.9 Å². The third-order valence-corrected chi connectivity index (χ3v) is 3.36. The Morgan fingerprint density at radius 2 is 1.54 bits per heavy atom. The molecule has 0 saturated heterocycles. The Hall–Kier alpha value is -3.14. The first-order valence-corrected chi connectivity index (χ1v) is 7.82. The Bertz CT molecular complexity index is 777. The van der Waals surface area contributed by atoms with Gasteiger partial charge in [0.05, 0.1) is 12.7 Å². The predicted octanol–water partition coefficient (Wildman–Crippen LogP) is 3.05. The summed E-state index contributed by atoms with van der Waals surface area (Å²) < 4.78 is 36.8. The molecule has 152 valence electrons. The number of carbonyl (C=O) groups is 2. The highest BCUT2D eigenvalue weighted by Crippen LogP contribution is 2.13. The lowest BCUT2D eigenvalue weighted by atomic mass is 10.1. The number of aromatic nitrogens is 1. The van der Waals surface area contributed by atoms with E-state index in [4.69, 9.17) is 19.7 Å². The van der Waals surface area contributed by atoms with E-state index in [2.05, 4.69) is 9.88 Å². The second-order valence-electron chi connectivity index (χ2n) is 5.69. The van der Waals surface area contributed by atoms with Crippen molar-refractivity contribution in [2.75, 3.05) is 14.2 Å². The van der Waals surface area contributed by atoms with E-state index in [0.29, 0.717) is 11.4 Å². The van der Waals surface area contributed by atoms with Crippen LogP contribution in [0.2, 0.25) is 0 Å². The summed E-state index contributed by atoms with van der Waals surface area (Å²) in [6, 6.07) is 10.8. The number of aliphatic carboxylic acids is 1. The van der Waals surface area contributed by atoms with E-state index in [1.54, 1.807) is 25.4 Å². The minimum Gasteiger partial charge on any atom is -0.481 e. The van der Waals surface area contributed by atoms with Crippen LogP contribution in [-0.2, 0) is 17.9 Å². The first-order valence-electron chi connectivity index (χ1n) is 7.82. The van der Waals surface area contributed by atoms with Crippen LogP contribution in [0.1, 0.15) is 21.5 Å². The van der Waals surface area contributed by atoms with Gasteiger partial charge in [-0.1, -0.05) is 18.2 Å². The van der Waals surface area contributed by atoms with Gasteiger partial charge in [-0.2, -0.15) is 13.2 Å². The van der Waals surface area contributed by atoms with Crippen molar-refractivity contribution < 1.29 is 37.7 Å². The average molecular weight is 400 g/mol. The zero-order valence-electron chi connectivity index (χ0n) is 15.1. The van der Waals surface area contributed by atoms with Crippen LogP contribution in [-0.4, -0.2) is 52.4 Å². The summed E-state index contributed by atoms with van der Waals surface area (Å²) in [5, 5.41) is 16.0. The van der Waals surface area contributed by atoms with Crippen molar-refractivity contribution in [2.45, 2.75) is 19.3 Å². The number of ether oxygens (including phenoxy) is 1. The van der Waals surface area contributed by atoms with Gasteiger partial charge in [0.25, 0.3) is 0 Å². The number of methoxy groups -OCH3 is 1. The Balaban J connectivity index is 0.000000480. The molecule has 1 heterocycles. The SMILES string of the molecule is COc1ccc(CN(C)Cc2ccc(C(=O)O)cc2)cn1.O=C(O)C(F)(F)F. The van der Waals surface area contributed by atoms with Crippen LogP contribution in [0.5, 0.6) is 5.88 Å². The molecule has 10 heteroatoms. The number of alkyl halides is 3. The number of pyridine rings is 1. The number of carboxylic acid groups (broad SMARTS) is 2. The third kappa shape index (κ3) is 8.04. The molecule has 7 nitrogen and oxygen atoms in total. The van der Waals surface area contributed by atoms with Gasteiger partial charge in [-0.15, -0.1) is 0 Å². The van der Waals surface area contributed by atoms with Gasteiger partial charge in [0.15, 0.2) is 0 Å². The number of rotatable bonds is 6. The summed E-state index contributed by atoms with van der Waals surface area (Å²) in [6.45, 7) is 1.50. The molecule has 1 aromatic carbocycles. The van der Waals surface area contributed by atoms with Crippen LogP contribution in [0.3, 0.4) is 0 Å². The molecule has 0 radical (unpaired) electrons.